The Labute approximate surface area is 120 Å². The van der Waals surface area contributed by atoms with Gasteiger partial charge in [-0.05, 0) is 18.4 Å². The number of aromatic carboxylic acids is 1. The van der Waals surface area contributed by atoms with Gasteiger partial charge in [-0.1, -0.05) is 5.21 Å². The largest absolute Gasteiger partial charge is 0.476 e. The molecule has 9 heteroatoms. The van der Waals surface area contributed by atoms with E-state index in [-0.39, 0.29) is 17.6 Å². The SMILES string of the molecule is CSCC[C@@H](N)C(=O)N1CC(n2cc(C(=O)O)nn2)C1. The molecule has 0 radical (unpaired) electrons. The molecule has 8 nitrogen and oxygen atoms in total. The lowest BCUT2D eigenvalue weighted by Crippen LogP contribution is -2.55. The van der Waals surface area contributed by atoms with Crippen molar-refractivity contribution in [3.63, 3.8) is 0 Å². The van der Waals surface area contributed by atoms with E-state index in [4.69, 9.17) is 10.8 Å². The molecule has 1 aliphatic heterocycles. The van der Waals surface area contributed by atoms with Crippen LogP contribution in [0.15, 0.2) is 6.20 Å². The number of likely N-dealkylation sites (tertiary alicyclic amines) is 1. The first-order valence-electron chi connectivity index (χ1n) is 6.21. The van der Waals surface area contributed by atoms with Gasteiger partial charge in [-0.3, -0.25) is 4.79 Å². The maximum absolute atomic E-state index is 12.0. The third-order valence-electron chi connectivity index (χ3n) is 3.23. The average Bonchev–Trinajstić information content (AvgIpc) is 2.83. The molecule has 1 aliphatic rings. The summed E-state index contributed by atoms with van der Waals surface area (Å²) in [5, 5.41) is 16.1. The number of carbonyl (C=O) groups excluding carboxylic acids is 1. The molecule has 1 atom stereocenters. The summed E-state index contributed by atoms with van der Waals surface area (Å²) in [5.41, 5.74) is 5.73. The first kappa shape index (κ1) is 14.8. The highest BCUT2D eigenvalue weighted by atomic mass is 32.2. The third kappa shape index (κ3) is 3.10. The van der Waals surface area contributed by atoms with E-state index >= 15 is 0 Å². The fourth-order valence-electron chi connectivity index (χ4n) is 1.96. The molecule has 1 amide bonds. The van der Waals surface area contributed by atoms with Crippen molar-refractivity contribution in [1.29, 1.82) is 0 Å². The lowest BCUT2D eigenvalue weighted by atomic mass is 10.1. The van der Waals surface area contributed by atoms with Crippen LogP contribution < -0.4 is 5.73 Å². The Balaban J connectivity index is 1.84. The summed E-state index contributed by atoms with van der Waals surface area (Å²) in [6.07, 6.45) is 4.01. The van der Waals surface area contributed by atoms with Gasteiger partial charge in [0.1, 0.15) is 0 Å². The fourth-order valence-corrected chi connectivity index (χ4v) is 2.45. The summed E-state index contributed by atoms with van der Waals surface area (Å²) < 4.78 is 1.49. The molecular formula is C11H17N5O3S. The Morgan fingerprint density at radius 2 is 2.30 bits per heavy atom. The maximum atomic E-state index is 12.0. The van der Waals surface area contributed by atoms with Gasteiger partial charge in [-0.25, -0.2) is 9.48 Å². The normalized spacial score (nSPS) is 16.8. The zero-order chi connectivity index (χ0) is 14.7. The van der Waals surface area contributed by atoms with Crippen molar-refractivity contribution < 1.29 is 14.7 Å². The summed E-state index contributed by atoms with van der Waals surface area (Å²) in [4.78, 5) is 24.3. The number of carboxylic acid groups (broad SMARTS) is 1. The zero-order valence-corrected chi connectivity index (χ0v) is 11.9. The second-order valence-corrected chi connectivity index (χ2v) is 5.66. The van der Waals surface area contributed by atoms with E-state index < -0.39 is 12.0 Å². The van der Waals surface area contributed by atoms with Crippen molar-refractivity contribution in [2.75, 3.05) is 25.1 Å². The van der Waals surface area contributed by atoms with E-state index in [9.17, 15) is 9.59 Å². The Hall–Kier alpha value is -1.61. The highest BCUT2D eigenvalue weighted by Gasteiger charge is 2.35. The summed E-state index contributed by atoms with van der Waals surface area (Å²) in [7, 11) is 0. The summed E-state index contributed by atoms with van der Waals surface area (Å²) in [6, 6.07) is -0.485. The molecule has 2 heterocycles. The molecule has 0 aromatic carbocycles. The molecule has 1 fully saturated rings. The molecule has 1 saturated heterocycles. The van der Waals surface area contributed by atoms with Crippen LogP contribution in [0.25, 0.3) is 0 Å². The summed E-state index contributed by atoms with van der Waals surface area (Å²) in [5.74, 6) is -0.314. The Kier molecular flexibility index (Phi) is 4.61. The fraction of sp³-hybridized carbons (Fsp3) is 0.636. The number of aromatic nitrogens is 3. The zero-order valence-electron chi connectivity index (χ0n) is 11.1. The van der Waals surface area contributed by atoms with Crippen LogP contribution in [-0.2, 0) is 4.79 Å². The second kappa shape index (κ2) is 6.23. The number of hydrogen-bond acceptors (Lipinski definition) is 6. The first-order valence-corrected chi connectivity index (χ1v) is 7.60. The number of carboxylic acids is 1. The molecule has 1 aromatic heterocycles. The quantitative estimate of drug-likeness (QED) is 0.723. The van der Waals surface area contributed by atoms with Gasteiger partial charge >= 0.3 is 5.97 Å². The molecule has 2 rings (SSSR count). The van der Waals surface area contributed by atoms with Crippen LogP contribution in [0.1, 0.15) is 23.0 Å². The lowest BCUT2D eigenvalue weighted by Gasteiger charge is -2.40. The topological polar surface area (TPSA) is 114 Å². The van der Waals surface area contributed by atoms with Crippen molar-refractivity contribution >= 4 is 23.6 Å². The van der Waals surface area contributed by atoms with Crippen LogP contribution in [0.5, 0.6) is 0 Å². The van der Waals surface area contributed by atoms with Gasteiger partial charge < -0.3 is 15.7 Å². The maximum Gasteiger partial charge on any atom is 0.358 e. The van der Waals surface area contributed by atoms with Gasteiger partial charge in [0.25, 0.3) is 0 Å². The molecule has 0 bridgehead atoms. The van der Waals surface area contributed by atoms with Gasteiger partial charge in [0, 0.05) is 13.1 Å². The van der Waals surface area contributed by atoms with Crippen molar-refractivity contribution in [2.24, 2.45) is 5.73 Å². The Morgan fingerprint density at radius 1 is 1.60 bits per heavy atom. The third-order valence-corrected chi connectivity index (χ3v) is 3.87. The molecule has 1 aromatic rings. The number of amides is 1. The van der Waals surface area contributed by atoms with E-state index in [0.29, 0.717) is 19.5 Å². The molecular weight excluding hydrogens is 282 g/mol. The van der Waals surface area contributed by atoms with Gasteiger partial charge in [0.05, 0.1) is 18.3 Å². The number of rotatable bonds is 6. The molecule has 20 heavy (non-hydrogen) atoms. The number of carbonyl (C=O) groups is 2. The molecule has 0 aliphatic carbocycles. The van der Waals surface area contributed by atoms with Gasteiger partial charge in [0.15, 0.2) is 5.69 Å². The van der Waals surface area contributed by atoms with Crippen molar-refractivity contribution in [1.82, 2.24) is 19.9 Å². The highest BCUT2D eigenvalue weighted by molar-refractivity contribution is 7.98. The van der Waals surface area contributed by atoms with Crippen LogP contribution in [-0.4, -0.2) is 68.0 Å². The number of nitrogens with zero attached hydrogens (tertiary/aromatic N) is 4. The molecule has 0 saturated carbocycles. The van der Waals surface area contributed by atoms with Gasteiger partial charge in [-0.2, -0.15) is 11.8 Å². The van der Waals surface area contributed by atoms with E-state index in [0.717, 1.165) is 5.75 Å². The van der Waals surface area contributed by atoms with Crippen LogP contribution >= 0.6 is 11.8 Å². The van der Waals surface area contributed by atoms with E-state index in [2.05, 4.69) is 10.3 Å². The van der Waals surface area contributed by atoms with Gasteiger partial charge in [-0.15, -0.1) is 5.10 Å². The lowest BCUT2D eigenvalue weighted by molar-refractivity contribution is -0.138. The molecule has 0 spiro atoms. The minimum Gasteiger partial charge on any atom is -0.476 e. The smallest absolute Gasteiger partial charge is 0.358 e. The van der Waals surface area contributed by atoms with Crippen LogP contribution in [0, 0.1) is 0 Å². The van der Waals surface area contributed by atoms with Crippen LogP contribution in [0.4, 0.5) is 0 Å². The van der Waals surface area contributed by atoms with E-state index in [1.165, 1.54) is 10.9 Å². The van der Waals surface area contributed by atoms with Crippen molar-refractivity contribution in [2.45, 2.75) is 18.5 Å². The predicted octanol–water partition coefficient (Wildman–Crippen LogP) is -0.560. The van der Waals surface area contributed by atoms with Crippen molar-refractivity contribution in [3.8, 4) is 0 Å². The summed E-state index contributed by atoms with van der Waals surface area (Å²) >= 11 is 1.66. The monoisotopic (exact) mass is 299 g/mol. The van der Waals surface area contributed by atoms with Gasteiger partial charge in [0.2, 0.25) is 5.91 Å². The van der Waals surface area contributed by atoms with E-state index in [1.54, 1.807) is 16.7 Å². The highest BCUT2D eigenvalue weighted by Crippen LogP contribution is 2.21. The molecule has 0 unspecified atom stereocenters. The van der Waals surface area contributed by atoms with Crippen molar-refractivity contribution in [3.05, 3.63) is 11.9 Å². The number of thioether (sulfide) groups is 1. The predicted molar refractivity (Wildman–Crippen MR) is 73.6 cm³/mol. The standard InChI is InChI=1S/C11H17N5O3S/c1-20-3-2-8(12)10(17)15-4-7(5-15)16-6-9(11(18)19)13-14-16/h6-8H,2-5,12H2,1H3,(H,18,19)/t8-/m1/s1. The number of hydrogen-bond donors (Lipinski definition) is 2. The minimum atomic E-state index is -1.11. The second-order valence-electron chi connectivity index (χ2n) is 4.67. The minimum absolute atomic E-state index is 0.0210. The van der Waals surface area contributed by atoms with Crippen LogP contribution in [0.3, 0.4) is 0 Å². The average molecular weight is 299 g/mol. The van der Waals surface area contributed by atoms with Crippen LogP contribution in [0.2, 0.25) is 0 Å². The van der Waals surface area contributed by atoms with E-state index in [1.807, 2.05) is 6.26 Å². The summed E-state index contributed by atoms with van der Waals surface area (Å²) in [6.45, 7) is 0.989. The Bertz CT molecular complexity index is 500. The molecule has 110 valence electrons. The first-order chi connectivity index (χ1) is 9.52. The Morgan fingerprint density at radius 3 is 2.85 bits per heavy atom. The molecule has 3 N–H and O–H groups in total. The number of nitrogens with two attached hydrogens (primary N) is 1.